The standard InChI is InChI=1S/C15H22N2O/c1-11(2)15(17-10-13-9-16-13)14(18)8-12-6-4-3-5-7-12/h3-7,11,13,15-17H,8-10H2,1-2H3/t13-,15+/m1/s1. The van der Waals surface area contributed by atoms with E-state index >= 15 is 0 Å². The lowest BCUT2D eigenvalue weighted by Gasteiger charge is -2.21. The number of hydrogen-bond acceptors (Lipinski definition) is 3. The molecule has 0 spiro atoms. The van der Waals surface area contributed by atoms with Gasteiger partial charge in [-0.25, -0.2) is 0 Å². The van der Waals surface area contributed by atoms with Gasteiger partial charge in [-0.2, -0.15) is 0 Å². The van der Waals surface area contributed by atoms with Gasteiger partial charge >= 0.3 is 0 Å². The minimum Gasteiger partial charge on any atom is -0.310 e. The molecule has 0 radical (unpaired) electrons. The molecule has 3 nitrogen and oxygen atoms in total. The Hall–Kier alpha value is -1.19. The number of hydrogen-bond donors (Lipinski definition) is 2. The molecule has 1 aliphatic rings. The minimum absolute atomic E-state index is 0.0346. The first-order valence-corrected chi connectivity index (χ1v) is 6.70. The molecule has 1 heterocycles. The minimum atomic E-state index is -0.0346. The Labute approximate surface area is 109 Å². The van der Waals surface area contributed by atoms with E-state index in [1.165, 1.54) is 0 Å². The second-order valence-electron chi connectivity index (χ2n) is 5.36. The average molecular weight is 246 g/mol. The SMILES string of the molecule is CC(C)[C@H](NC[C@H]1CN1)C(=O)Cc1ccccc1. The third kappa shape index (κ3) is 3.93. The van der Waals surface area contributed by atoms with E-state index in [1.807, 2.05) is 30.3 Å². The van der Waals surface area contributed by atoms with E-state index in [2.05, 4.69) is 24.5 Å². The number of ketones is 1. The molecule has 1 saturated heterocycles. The van der Waals surface area contributed by atoms with Crippen molar-refractivity contribution < 1.29 is 4.79 Å². The van der Waals surface area contributed by atoms with Crippen molar-refractivity contribution in [3.63, 3.8) is 0 Å². The molecule has 2 N–H and O–H groups in total. The highest BCUT2D eigenvalue weighted by molar-refractivity contribution is 5.86. The normalized spacial score (nSPS) is 19.8. The van der Waals surface area contributed by atoms with Crippen LogP contribution >= 0.6 is 0 Å². The molecule has 0 aliphatic carbocycles. The van der Waals surface area contributed by atoms with Gasteiger partial charge in [0, 0.05) is 25.6 Å². The van der Waals surface area contributed by atoms with Gasteiger partial charge in [-0.3, -0.25) is 4.79 Å². The zero-order valence-corrected chi connectivity index (χ0v) is 11.1. The Balaban J connectivity index is 1.90. The Morgan fingerprint density at radius 1 is 1.39 bits per heavy atom. The summed E-state index contributed by atoms with van der Waals surface area (Å²) in [6.07, 6.45) is 0.523. The van der Waals surface area contributed by atoms with Crippen molar-refractivity contribution in [2.24, 2.45) is 5.92 Å². The molecule has 18 heavy (non-hydrogen) atoms. The van der Waals surface area contributed by atoms with Gasteiger partial charge < -0.3 is 10.6 Å². The monoisotopic (exact) mass is 246 g/mol. The first-order valence-electron chi connectivity index (χ1n) is 6.70. The molecular formula is C15H22N2O. The fourth-order valence-electron chi connectivity index (χ4n) is 2.13. The quantitative estimate of drug-likeness (QED) is 0.715. The molecule has 2 atom stereocenters. The van der Waals surface area contributed by atoms with E-state index in [-0.39, 0.29) is 11.8 Å². The molecule has 0 unspecified atom stereocenters. The van der Waals surface area contributed by atoms with Gasteiger partial charge in [0.25, 0.3) is 0 Å². The van der Waals surface area contributed by atoms with E-state index in [0.717, 1.165) is 18.7 Å². The van der Waals surface area contributed by atoms with Gasteiger partial charge in [0.15, 0.2) is 5.78 Å². The van der Waals surface area contributed by atoms with Gasteiger partial charge in [-0.1, -0.05) is 44.2 Å². The number of benzene rings is 1. The second-order valence-corrected chi connectivity index (χ2v) is 5.36. The molecule has 1 aliphatic heterocycles. The van der Waals surface area contributed by atoms with E-state index in [4.69, 9.17) is 0 Å². The van der Waals surface area contributed by atoms with Crippen LogP contribution in [-0.4, -0.2) is 31.0 Å². The predicted octanol–water partition coefficient (Wildman–Crippen LogP) is 1.38. The summed E-state index contributed by atoms with van der Waals surface area (Å²) in [4.78, 5) is 12.3. The summed E-state index contributed by atoms with van der Waals surface area (Å²) in [6, 6.07) is 10.5. The summed E-state index contributed by atoms with van der Waals surface area (Å²) in [7, 11) is 0. The molecule has 0 aromatic heterocycles. The van der Waals surface area contributed by atoms with Crippen molar-refractivity contribution in [3.05, 3.63) is 35.9 Å². The molecule has 1 aromatic carbocycles. The van der Waals surface area contributed by atoms with Crippen LogP contribution < -0.4 is 10.6 Å². The van der Waals surface area contributed by atoms with Crippen LogP contribution in [0.2, 0.25) is 0 Å². The van der Waals surface area contributed by atoms with Gasteiger partial charge in [0.05, 0.1) is 6.04 Å². The lowest BCUT2D eigenvalue weighted by molar-refractivity contribution is -0.121. The molecule has 2 rings (SSSR count). The fourth-order valence-corrected chi connectivity index (χ4v) is 2.13. The molecule has 1 aromatic rings. The molecule has 0 amide bonds. The lowest BCUT2D eigenvalue weighted by atomic mass is 9.95. The van der Waals surface area contributed by atoms with Crippen molar-refractivity contribution in [1.82, 2.24) is 10.6 Å². The topological polar surface area (TPSA) is 51.0 Å². The summed E-state index contributed by atoms with van der Waals surface area (Å²) < 4.78 is 0. The molecule has 3 heteroatoms. The second kappa shape index (κ2) is 6.12. The summed E-state index contributed by atoms with van der Waals surface area (Å²) in [6.45, 7) is 6.16. The van der Waals surface area contributed by atoms with Crippen LogP contribution in [0.1, 0.15) is 19.4 Å². The molecule has 0 bridgehead atoms. The van der Waals surface area contributed by atoms with Gasteiger partial charge in [-0.15, -0.1) is 0 Å². The Kier molecular flexibility index (Phi) is 4.50. The van der Waals surface area contributed by atoms with Crippen molar-refractivity contribution in [3.8, 4) is 0 Å². The summed E-state index contributed by atoms with van der Waals surface area (Å²) in [5.41, 5.74) is 1.10. The van der Waals surface area contributed by atoms with Crippen LogP contribution in [0, 0.1) is 5.92 Å². The lowest BCUT2D eigenvalue weighted by Crippen LogP contribution is -2.43. The summed E-state index contributed by atoms with van der Waals surface area (Å²) in [5, 5.41) is 6.63. The highest BCUT2D eigenvalue weighted by atomic mass is 16.1. The maximum Gasteiger partial charge on any atom is 0.154 e. The Bertz CT molecular complexity index is 385. The van der Waals surface area contributed by atoms with E-state index in [9.17, 15) is 4.79 Å². The smallest absolute Gasteiger partial charge is 0.154 e. The van der Waals surface area contributed by atoms with Crippen molar-refractivity contribution in [2.45, 2.75) is 32.4 Å². The third-order valence-electron chi connectivity index (χ3n) is 3.31. The first kappa shape index (κ1) is 13.2. The summed E-state index contributed by atoms with van der Waals surface area (Å²) in [5.74, 6) is 0.622. The van der Waals surface area contributed by atoms with Gasteiger partial charge in [0.1, 0.15) is 0 Å². The first-order chi connectivity index (χ1) is 8.66. The van der Waals surface area contributed by atoms with Crippen LogP contribution in [0.15, 0.2) is 30.3 Å². The molecular weight excluding hydrogens is 224 g/mol. The van der Waals surface area contributed by atoms with Crippen LogP contribution in [-0.2, 0) is 11.2 Å². The van der Waals surface area contributed by atoms with Gasteiger partial charge in [0.2, 0.25) is 0 Å². The van der Waals surface area contributed by atoms with E-state index in [1.54, 1.807) is 0 Å². The number of carbonyl (C=O) groups is 1. The van der Waals surface area contributed by atoms with Gasteiger partial charge in [-0.05, 0) is 11.5 Å². The van der Waals surface area contributed by atoms with Crippen molar-refractivity contribution in [2.75, 3.05) is 13.1 Å². The molecule has 0 saturated carbocycles. The summed E-state index contributed by atoms with van der Waals surface area (Å²) >= 11 is 0. The number of rotatable bonds is 7. The number of Topliss-reactive ketones (excluding diaryl/α,β-unsaturated/α-hetero) is 1. The highest BCUT2D eigenvalue weighted by Crippen LogP contribution is 2.09. The van der Waals surface area contributed by atoms with E-state index in [0.29, 0.717) is 18.4 Å². The van der Waals surface area contributed by atoms with Crippen LogP contribution in [0.4, 0.5) is 0 Å². The zero-order valence-electron chi connectivity index (χ0n) is 11.1. The fraction of sp³-hybridized carbons (Fsp3) is 0.533. The van der Waals surface area contributed by atoms with Crippen molar-refractivity contribution in [1.29, 1.82) is 0 Å². The predicted molar refractivity (Wildman–Crippen MR) is 73.6 cm³/mol. The van der Waals surface area contributed by atoms with E-state index < -0.39 is 0 Å². The average Bonchev–Trinajstić information content (AvgIpc) is 3.14. The Morgan fingerprint density at radius 3 is 2.61 bits per heavy atom. The number of nitrogens with one attached hydrogen (secondary N) is 2. The molecule has 98 valence electrons. The maximum absolute atomic E-state index is 12.3. The highest BCUT2D eigenvalue weighted by Gasteiger charge is 2.25. The zero-order chi connectivity index (χ0) is 13.0. The Morgan fingerprint density at radius 2 is 2.06 bits per heavy atom. The maximum atomic E-state index is 12.3. The largest absolute Gasteiger partial charge is 0.310 e. The molecule has 1 fully saturated rings. The number of carbonyl (C=O) groups excluding carboxylic acids is 1. The van der Waals surface area contributed by atoms with Crippen LogP contribution in [0.5, 0.6) is 0 Å². The van der Waals surface area contributed by atoms with Crippen LogP contribution in [0.3, 0.4) is 0 Å². The third-order valence-corrected chi connectivity index (χ3v) is 3.31. The van der Waals surface area contributed by atoms with Crippen molar-refractivity contribution >= 4 is 5.78 Å². The van der Waals surface area contributed by atoms with Crippen LogP contribution in [0.25, 0.3) is 0 Å².